The summed E-state index contributed by atoms with van der Waals surface area (Å²) < 4.78 is 21.0. The molecule has 26 heavy (non-hydrogen) atoms. The lowest BCUT2D eigenvalue weighted by Crippen LogP contribution is -2.24. The van der Waals surface area contributed by atoms with Crippen molar-refractivity contribution in [3.8, 4) is 5.75 Å². The van der Waals surface area contributed by atoms with E-state index in [9.17, 15) is 19.1 Å². The first-order chi connectivity index (χ1) is 12.4. The summed E-state index contributed by atoms with van der Waals surface area (Å²) in [5.41, 5.74) is -0.223. The van der Waals surface area contributed by atoms with E-state index in [1.54, 1.807) is 9.47 Å². The largest absolute Gasteiger partial charge is 0.511 e. The molecule has 2 N–H and O–H groups in total. The molecule has 7 nitrogen and oxygen atoms in total. The molecule has 1 aromatic heterocycles. The highest BCUT2D eigenvalue weighted by Gasteiger charge is 2.31. The zero-order valence-corrected chi connectivity index (χ0v) is 14.4. The molecule has 1 saturated carbocycles. The van der Waals surface area contributed by atoms with Crippen LogP contribution in [0.1, 0.15) is 25.3 Å². The molecule has 9 heteroatoms. The van der Waals surface area contributed by atoms with E-state index in [1.807, 2.05) is 0 Å². The van der Waals surface area contributed by atoms with E-state index >= 15 is 0 Å². The van der Waals surface area contributed by atoms with Gasteiger partial charge in [0.25, 0.3) is 0 Å². The number of hydrogen-bond donors (Lipinski definition) is 2. The second kappa shape index (κ2) is 6.14. The first-order valence-corrected chi connectivity index (χ1v) is 8.65. The third-order valence-corrected chi connectivity index (χ3v) is 5.13. The lowest BCUT2D eigenvalue weighted by molar-refractivity contribution is 0.143. The third-order valence-electron chi connectivity index (χ3n) is 4.77. The number of pyridine rings is 1. The zero-order valence-electron chi connectivity index (χ0n) is 13.6. The van der Waals surface area contributed by atoms with Crippen LogP contribution in [0.3, 0.4) is 0 Å². The monoisotopic (exact) mass is 382 g/mol. The second-order valence-electron chi connectivity index (χ2n) is 6.63. The van der Waals surface area contributed by atoms with Gasteiger partial charge in [-0.05, 0) is 25.3 Å². The van der Waals surface area contributed by atoms with Gasteiger partial charge in [-0.25, -0.2) is 9.18 Å². The summed E-state index contributed by atoms with van der Waals surface area (Å²) >= 11 is 6.50. The number of rotatable bonds is 3. The van der Waals surface area contributed by atoms with Crippen LogP contribution in [-0.2, 0) is 0 Å². The van der Waals surface area contributed by atoms with Crippen LogP contribution in [0.5, 0.6) is 5.75 Å². The predicted octanol–water partition coefficient (Wildman–Crippen LogP) is 2.76. The van der Waals surface area contributed by atoms with Crippen LogP contribution in [0.25, 0.3) is 10.9 Å². The first-order valence-electron chi connectivity index (χ1n) is 8.27. The van der Waals surface area contributed by atoms with Crippen molar-refractivity contribution < 1.29 is 24.1 Å². The van der Waals surface area contributed by atoms with Gasteiger partial charge in [-0.2, -0.15) is 0 Å². The Kier molecular flexibility index (Phi) is 4.04. The van der Waals surface area contributed by atoms with E-state index in [0.29, 0.717) is 18.5 Å². The second-order valence-corrected chi connectivity index (χ2v) is 7.01. The smallest absolute Gasteiger partial charge is 0.449 e. The van der Waals surface area contributed by atoms with Gasteiger partial charge in [0.2, 0.25) is 5.43 Å². The van der Waals surface area contributed by atoms with Gasteiger partial charge in [-0.1, -0.05) is 11.6 Å². The van der Waals surface area contributed by atoms with Crippen LogP contribution in [-0.4, -0.2) is 40.1 Å². The van der Waals surface area contributed by atoms with Gasteiger partial charge in [-0.3, -0.25) is 4.79 Å². The maximum Gasteiger partial charge on any atom is 0.511 e. The average molecular weight is 383 g/mol. The summed E-state index contributed by atoms with van der Waals surface area (Å²) in [6.45, 7) is 0.715. The first kappa shape index (κ1) is 17.1. The molecule has 0 amide bonds. The molecule has 1 aliphatic carbocycles. The van der Waals surface area contributed by atoms with Gasteiger partial charge in [0.1, 0.15) is 5.82 Å². The van der Waals surface area contributed by atoms with E-state index in [-0.39, 0.29) is 34.4 Å². The normalized spacial score (nSPS) is 20.0. The number of ether oxygens (including phenoxy) is 1. The number of aliphatic hydroxyl groups excluding tert-OH is 1. The van der Waals surface area contributed by atoms with Gasteiger partial charge in [-0.15, -0.1) is 0 Å². The molecule has 2 fully saturated rings. The van der Waals surface area contributed by atoms with Gasteiger partial charge < -0.3 is 24.4 Å². The minimum atomic E-state index is -1.61. The SMILES string of the molecule is O=C(O)Oc1cn(C2CC2)c2c(Cl)c(N3CC[C@@H](O)C3)c(F)cc2c1=O. The van der Waals surface area contributed by atoms with Crippen molar-refractivity contribution >= 4 is 34.3 Å². The van der Waals surface area contributed by atoms with Crippen LogP contribution in [0.4, 0.5) is 14.9 Å². The highest BCUT2D eigenvalue weighted by molar-refractivity contribution is 6.38. The topological polar surface area (TPSA) is 92.0 Å². The Labute approximate surface area is 152 Å². The van der Waals surface area contributed by atoms with Crippen molar-refractivity contribution in [1.29, 1.82) is 0 Å². The minimum Gasteiger partial charge on any atom is -0.449 e. The zero-order chi connectivity index (χ0) is 18.6. The van der Waals surface area contributed by atoms with Crippen LogP contribution in [0.15, 0.2) is 17.1 Å². The lowest BCUT2D eigenvalue weighted by Gasteiger charge is -2.23. The average Bonchev–Trinajstić information content (AvgIpc) is 3.32. The highest BCUT2D eigenvalue weighted by Crippen LogP contribution is 2.43. The van der Waals surface area contributed by atoms with E-state index in [4.69, 9.17) is 16.7 Å². The molecule has 2 aliphatic rings. The minimum absolute atomic E-state index is 0.0263. The van der Waals surface area contributed by atoms with Crippen molar-refractivity contribution in [3.63, 3.8) is 0 Å². The lowest BCUT2D eigenvalue weighted by atomic mass is 10.1. The summed E-state index contributed by atoms with van der Waals surface area (Å²) in [4.78, 5) is 25.1. The fraction of sp³-hybridized carbons (Fsp3) is 0.412. The Bertz CT molecular complexity index is 972. The standard InChI is InChI=1S/C17H16ClFN2O5/c18-13-14-10(5-11(19)15(13)20-4-3-9(22)6-20)16(23)12(26-17(24)25)7-21(14)8-1-2-8/h5,7-9,22H,1-4,6H2,(H,24,25)/t9-/m1/s1. The number of halogens is 2. The number of carbonyl (C=O) groups is 1. The van der Waals surface area contributed by atoms with Gasteiger partial charge in [0.15, 0.2) is 5.75 Å². The molecular formula is C17H16ClFN2O5. The van der Waals surface area contributed by atoms with Crippen molar-refractivity contribution in [2.45, 2.75) is 31.4 Å². The Morgan fingerprint density at radius 1 is 1.35 bits per heavy atom. The Hall–Kier alpha value is -2.32. The molecular weight excluding hydrogens is 367 g/mol. The van der Waals surface area contributed by atoms with Crippen LogP contribution >= 0.6 is 11.6 Å². The molecule has 1 saturated heterocycles. The fourth-order valence-electron chi connectivity index (χ4n) is 3.45. The van der Waals surface area contributed by atoms with Crippen molar-refractivity contribution in [3.05, 3.63) is 33.3 Å². The summed E-state index contributed by atoms with van der Waals surface area (Å²) in [6, 6.07) is 1.12. The number of hydrogen-bond acceptors (Lipinski definition) is 5. The molecule has 0 bridgehead atoms. The van der Waals surface area contributed by atoms with Crippen molar-refractivity contribution in [1.82, 2.24) is 4.57 Å². The molecule has 1 atom stereocenters. The van der Waals surface area contributed by atoms with Crippen molar-refractivity contribution in [2.75, 3.05) is 18.0 Å². The highest BCUT2D eigenvalue weighted by atomic mass is 35.5. The summed E-state index contributed by atoms with van der Waals surface area (Å²) in [5.74, 6) is -1.07. The molecule has 2 heterocycles. The van der Waals surface area contributed by atoms with Crippen LogP contribution in [0, 0.1) is 5.82 Å². The number of nitrogens with zero attached hydrogens (tertiary/aromatic N) is 2. The quantitative estimate of drug-likeness (QED) is 0.793. The summed E-state index contributed by atoms with van der Waals surface area (Å²) in [6.07, 6.45) is 1.35. The van der Waals surface area contributed by atoms with E-state index in [1.165, 1.54) is 6.20 Å². The molecule has 4 rings (SSSR count). The maximum atomic E-state index is 14.8. The van der Waals surface area contributed by atoms with Gasteiger partial charge in [0.05, 0.1) is 33.9 Å². The number of β-amino-alcohol motifs (C(OH)–C–C–N with tert-alkyl or cyclic N) is 1. The Morgan fingerprint density at radius 2 is 2.08 bits per heavy atom. The number of benzene rings is 1. The number of fused-ring (bicyclic) bond motifs is 1. The van der Waals surface area contributed by atoms with Crippen LogP contribution in [0.2, 0.25) is 5.02 Å². The van der Waals surface area contributed by atoms with Crippen LogP contribution < -0.4 is 15.1 Å². The number of carboxylic acid groups (broad SMARTS) is 1. The number of aliphatic hydroxyl groups is 1. The molecule has 1 aromatic carbocycles. The molecule has 0 unspecified atom stereocenters. The molecule has 2 aromatic rings. The van der Waals surface area contributed by atoms with Gasteiger partial charge >= 0.3 is 6.16 Å². The van der Waals surface area contributed by atoms with Crippen molar-refractivity contribution in [2.24, 2.45) is 0 Å². The molecule has 0 spiro atoms. The third kappa shape index (κ3) is 2.79. The summed E-state index contributed by atoms with van der Waals surface area (Å²) in [5, 5.41) is 18.6. The molecule has 1 aliphatic heterocycles. The van der Waals surface area contributed by atoms with E-state index in [2.05, 4.69) is 4.74 Å². The molecule has 138 valence electrons. The maximum absolute atomic E-state index is 14.8. The Balaban J connectivity index is 1.97. The predicted molar refractivity (Wildman–Crippen MR) is 92.9 cm³/mol. The number of aromatic nitrogens is 1. The fourth-order valence-corrected chi connectivity index (χ4v) is 3.86. The summed E-state index contributed by atoms with van der Waals surface area (Å²) in [7, 11) is 0. The number of anilines is 1. The molecule has 0 radical (unpaired) electrons. The van der Waals surface area contributed by atoms with E-state index < -0.39 is 23.5 Å². The van der Waals surface area contributed by atoms with E-state index in [0.717, 1.165) is 18.9 Å². The van der Waals surface area contributed by atoms with Gasteiger partial charge in [0, 0.05) is 19.1 Å². The Morgan fingerprint density at radius 3 is 2.65 bits per heavy atom.